The van der Waals surface area contributed by atoms with E-state index < -0.39 is 5.63 Å². The lowest BCUT2D eigenvalue weighted by atomic mass is 10.1. The molecule has 2 aromatic rings. The zero-order valence-corrected chi connectivity index (χ0v) is 10.7. The molecular weight excluding hydrogens is 277 g/mol. The molecule has 0 aliphatic rings. The van der Waals surface area contributed by atoms with Gasteiger partial charge in [0.05, 0.1) is 0 Å². The molecule has 1 heterocycles. The molecular formula is C12H9Cl2NO3. The van der Waals surface area contributed by atoms with Gasteiger partial charge < -0.3 is 9.73 Å². The minimum Gasteiger partial charge on any atom is -0.423 e. The SMILES string of the molecule is O=C(CCl)Nc1ccc2c(CCl)cc(=O)oc2c1. The summed E-state index contributed by atoms with van der Waals surface area (Å²) in [5, 5.41) is 3.32. The summed E-state index contributed by atoms with van der Waals surface area (Å²) in [5.41, 5.74) is 1.12. The Morgan fingerprint density at radius 2 is 2.06 bits per heavy atom. The standard InChI is InChI=1S/C12H9Cl2NO3/c13-5-7-3-12(17)18-10-4-8(1-2-9(7)10)15-11(16)6-14/h1-4H,5-6H2,(H,15,16). The number of hydrogen-bond donors (Lipinski definition) is 1. The van der Waals surface area contributed by atoms with Gasteiger partial charge >= 0.3 is 5.63 Å². The summed E-state index contributed by atoms with van der Waals surface area (Å²) in [6, 6.07) is 6.35. The van der Waals surface area contributed by atoms with Crippen LogP contribution in [0, 0.1) is 0 Å². The lowest BCUT2D eigenvalue weighted by Crippen LogP contribution is -2.12. The summed E-state index contributed by atoms with van der Waals surface area (Å²) in [6.45, 7) is 0. The highest BCUT2D eigenvalue weighted by Gasteiger charge is 2.07. The number of benzene rings is 1. The van der Waals surface area contributed by atoms with Crippen LogP contribution in [0.3, 0.4) is 0 Å². The fourth-order valence-electron chi connectivity index (χ4n) is 1.61. The number of carbonyl (C=O) groups is 1. The van der Waals surface area contributed by atoms with E-state index in [1.807, 2.05) is 0 Å². The summed E-state index contributed by atoms with van der Waals surface area (Å²) in [7, 11) is 0. The monoisotopic (exact) mass is 285 g/mol. The first-order valence-electron chi connectivity index (χ1n) is 5.12. The second-order valence-corrected chi connectivity index (χ2v) is 4.15. The predicted octanol–water partition coefficient (Wildman–Crippen LogP) is 2.71. The fourth-order valence-corrected chi connectivity index (χ4v) is 1.90. The van der Waals surface area contributed by atoms with Gasteiger partial charge in [-0.05, 0) is 17.7 Å². The molecule has 0 fully saturated rings. The van der Waals surface area contributed by atoms with Crippen LogP contribution in [-0.4, -0.2) is 11.8 Å². The van der Waals surface area contributed by atoms with Gasteiger partial charge in [-0.25, -0.2) is 4.79 Å². The van der Waals surface area contributed by atoms with Crippen molar-refractivity contribution in [2.45, 2.75) is 5.88 Å². The molecule has 0 aliphatic heterocycles. The number of rotatable bonds is 3. The third kappa shape index (κ3) is 2.66. The van der Waals surface area contributed by atoms with E-state index in [2.05, 4.69) is 5.32 Å². The Bertz CT molecular complexity index is 651. The highest BCUT2D eigenvalue weighted by atomic mass is 35.5. The van der Waals surface area contributed by atoms with E-state index >= 15 is 0 Å². The van der Waals surface area contributed by atoms with Gasteiger partial charge in [0.25, 0.3) is 0 Å². The Balaban J connectivity index is 2.51. The van der Waals surface area contributed by atoms with Gasteiger partial charge in [0.1, 0.15) is 11.5 Å². The molecule has 1 N–H and O–H groups in total. The maximum absolute atomic E-state index is 11.3. The molecule has 0 bridgehead atoms. The average molecular weight is 286 g/mol. The van der Waals surface area contributed by atoms with Gasteiger partial charge in [0, 0.05) is 29.1 Å². The Labute approximate surface area is 112 Å². The van der Waals surface area contributed by atoms with Crippen LogP contribution >= 0.6 is 23.2 Å². The normalized spacial score (nSPS) is 10.6. The van der Waals surface area contributed by atoms with E-state index in [1.54, 1.807) is 18.2 Å². The number of halogens is 2. The van der Waals surface area contributed by atoms with Crippen molar-refractivity contribution in [3.8, 4) is 0 Å². The van der Waals surface area contributed by atoms with E-state index in [0.29, 0.717) is 16.8 Å². The van der Waals surface area contributed by atoms with Crippen LogP contribution in [0.5, 0.6) is 0 Å². The molecule has 0 unspecified atom stereocenters. The molecule has 18 heavy (non-hydrogen) atoms. The number of amides is 1. The minimum absolute atomic E-state index is 0.135. The molecule has 0 aliphatic carbocycles. The molecule has 6 heteroatoms. The third-order valence-electron chi connectivity index (χ3n) is 2.38. The van der Waals surface area contributed by atoms with Crippen molar-refractivity contribution in [1.29, 1.82) is 0 Å². The molecule has 0 saturated heterocycles. The number of carbonyl (C=O) groups excluding carboxylic acids is 1. The second kappa shape index (κ2) is 5.42. The van der Waals surface area contributed by atoms with Crippen LogP contribution in [0.4, 0.5) is 5.69 Å². The van der Waals surface area contributed by atoms with Crippen LogP contribution < -0.4 is 10.9 Å². The highest BCUT2D eigenvalue weighted by Crippen LogP contribution is 2.22. The van der Waals surface area contributed by atoms with Gasteiger partial charge in [-0.1, -0.05) is 0 Å². The summed E-state index contributed by atoms with van der Waals surface area (Å²) in [5.74, 6) is -0.244. The Morgan fingerprint density at radius 1 is 1.28 bits per heavy atom. The van der Waals surface area contributed by atoms with Crippen LogP contribution in [0.25, 0.3) is 11.0 Å². The minimum atomic E-state index is -0.473. The number of alkyl halides is 2. The van der Waals surface area contributed by atoms with E-state index in [0.717, 1.165) is 5.39 Å². The van der Waals surface area contributed by atoms with Crippen LogP contribution in [0.15, 0.2) is 33.5 Å². The summed E-state index contributed by atoms with van der Waals surface area (Å²) < 4.78 is 5.06. The van der Waals surface area contributed by atoms with Gasteiger partial charge in [0.2, 0.25) is 5.91 Å². The fraction of sp³-hybridized carbons (Fsp3) is 0.167. The van der Waals surface area contributed by atoms with Gasteiger partial charge in [-0.2, -0.15) is 0 Å². The van der Waals surface area contributed by atoms with Crippen LogP contribution in [0.2, 0.25) is 0 Å². The molecule has 0 radical (unpaired) electrons. The van der Waals surface area contributed by atoms with Gasteiger partial charge in [-0.3, -0.25) is 4.79 Å². The molecule has 0 atom stereocenters. The van der Waals surface area contributed by atoms with Crippen LogP contribution in [0.1, 0.15) is 5.56 Å². The predicted molar refractivity (Wildman–Crippen MR) is 71.4 cm³/mol. The first kappa shape index (κ1) is 12.9. The highest BCUT2D eigenvalue weighted by molar-refractivity contribution is 6.29. The Kier molecular flexibility index (Phi) is 3.89. The topological polar surface area (TPSA) is 59.3 Å². The summed E-state index contributed by atoms with van der Waals surface area (Å²) in [4.78, 5) is 22.5. The lowest BCUT2D eigenvalue weighted by Gasteiger charge is -2.06. The number of nitrogens with one attached hydrogen (secondary N) is 1. The maximum Gasteiger partial charge on any atom is 0.336 e. The van der Waals surface area contributed by atoms with Crippen molar-refractivity contribution in [1.82, 2.24) is 0 Å². The quantitative estimate of drug-likeness (QED) is 0.697. The molecule has 4 nitrogen and oxygen atoms in total. The number of fused-ring (bicyclic) bond motifs is 1. The number of hydrogen-bond acceptors (Lipinski definition) is 3. The summed E-state index contributed by atoms with van der Waals surface area (Å²) >= 11 is 11.1. The summed E-state index contributed by atoms with van der Waals surface area (Å²) in [6.07, 6.45) is 0. The molecule has 1 amide bonds. The zero-order chi connectivity index (χ0) is 13.1. The second-order valence-electron chi connectivity index (χ2n) is 3.62. The molecule has 2 rings (SSSR count). The van der Waals surface area contributed by atoms with E-state index in [1.165, 1.54) is 6.07 Å². The largest absolute Gasteiger partial charge is 0.423 e. The Hall–Kier alpha value is -1.52. The molecule has 0 saturated carbocycles. The molecule has 1 aromatic carbocycles. The van der Waals surface area contributed by atoms with Crippen molar-refractivity contribution < 1.29 is 9.21 Å². The zero-order valence-electron chi connectivity index (χ0n) is 9.20. The van der Waals surface area contributed by atoms with Crippen molar-refractivity contribution in [2.75, 3.05) is 11.2 Å². The van der Waals surface area contributed by atoms with E-state index in [9.17, 15) is 9.59 Å². The van der Waals surface area contributed by atoms with E-state index in [4.69, 9.17) is 27.6 Å². The van der Waals surface area contributed by atoms with E-state index in [-0.39, 0.29) is 17.7 Å². The molecule has 1 aromatic heterocycles. The first-order valence-corrected chi connectivity index (χ1v) is 6.19. The van der Waals surface area contributed by atoms with Gasteiger partial charge in [0.15, 0.2) is 0 Å². The third-order valence-corrected chi connectivity index (χ3v) is 2.91. The lowest BCUT2D eigenvalue weighted by molar-refractivity contribution is -0.113. The molecule has 94 valence electrons. The van der Waals surface area contributed by atoms with Crippen molar-refractivity contribution >= 4 is 45.8 Å². The maximum atomic E-state index is 11.3. The Morgan fingerprint density at radius 3 is 2.72 bits per heavy atom. The number of anilines is 1. The van der Waals surface area contributed by atoms with Crippen molar-refractivity contribution in [3.05, 3.63) is 40.2 Å². The molecule has 0 spiro atoms. The first-order chi connectivity index (χ1) is 8.63. The van der Waals surface area contributed by atoms with Crippen molar-refractivity contribution in [2.24, 2.45) is 0 Å². The smallest absolute Gasteiger partial charge is 0.336 e. The van der Waals surface area contributed by atoms with Crippen LogP contribution in [-0.2, 0) is 10.7 Å². The average Bonchev–Trinajstić information content (AvgIpc) is 2.37. The van der Waals surface area contributed by atoms with Gasteiger partial charge in [-0.15, -0.1) is 23.2 Å². The van der Waals surface area contributed by atoms with Crippen molar-refractivity contribution in [3.63, 3.8) is 0 Å².